The summed E-state index contributed by atoms with van der Waals surface area (Å²) in [4.78, 5) is 2.36. The van der Waals surface area contributed by atoms with E-state index in [9.17, 15) is 0 Å². The molecule has 0 aromatic carbocycles. The molecule has 1 rings (SSSR count). The summed E-state index contributed by atoms with van der Waals surface area (Å²) in [5.41, 5.74) is 0. The highest BCUT2D eigenvalue weighted by Crippen LogP contribution is 2.45. The largest absolute Gasteiger partial charge is 0.379 e. The van der Waals surface area contributed by atoms with E-state index in [1.165, 1.54) is 0 Å². The number of rotatable bonds is 8. The van der Waals surface area contributed by atoms with E-state index in [0.717, 1.165) is 45.7 Å². The van der Waals surface area contributed by atoms with Gasteiger partial charge in [-0.1, -0.05) is 13.3 Å². The quantitative estimate of drug-likeness (QED) is 0.507. The minimum absolute atomic E-state index is 0.126. The summed E-state index contributed by atoms with van der Waals surface area (Å²) >= 11 is 5.42. The molecule has 0 bridgehead atoms. The topological polar surface area (TPSA) is 30.9 Å². The lowest BCUT2D eigenvalue weighted by Crippen LogP contribution is -2.40. The molecule has 0 spiro atoms. The molecular formula is C12H26NO3PS. The highest BCUT2D eigenvalue weighted by atomic mass is 32.5. The Labute approximate surface area is 116 Å². The van der Waals surface area contributed by atoms with Crippen LogP contribution < -0.4 is 0 Å². The highest BCUT2D eigenvalue weighted by Gasteiger charge is 2.19. The number of morpholine rings is 1. The Morgan fingerprint density at radius 1 is 1.39 bits per heavy atom. The average Bonchev–Trinajstić information content (AvgIpc) is 2.29. The summed E-state index contributed by atoms with van der Waals surface area (Å²) in [6.07, 6.45) is 2.30. The SMILES string of the molecule is CCCCOP(C)(=S)OC(C)CN1CCOCC1. The van der Waals surface area contributed by atoms with Gasteiger partial charge in [-0.25, -0.2) is 0 Å². The van der Waals surface area contributed by atoms with E-state index in [1.807, 2.05) is 6.66 Å². The second-order valence-electron chi connectivity index (χ2n) is 4.79. The fraction of sp³-hybridized carbons (Fsp3) is 1.00. The molecule has 1 aliphatic rings. The van der Waals surface area contributed by atoms with Crippen molar-refractivity contribution in [2.45, 2.75) is 32.8 Å². The Balaban J connectivity index is 2.24. The van der Waals surface area contributed by atoms with Gasteiger partial charge in [0.25, 0.3) is 0 Å². The number of hydrogen-bond donors (Lipinski definition) is 0. The maximum atomic E-state index is 5.91. The Hall–Kier alpha value is 0.490. The van der Waals surface area contributed by atoms with Crippen LogP contribution in [0.25, 0.3) is 0 Å². The molecule has 1 aliphatic heterocycles. The molecule has 4 nitrogen and oxygen atoms in total. The third-order valence-electron chi connectivity index (χ3n) is 2.81. The summed E-state index contributed by atoms with van der Waals surface area (Å²) in [7, 11) is 0. The van der Waals surface area contributed by atoms with E-state index in [0.29, 0.717) is 6.61 Å². The third-order valence-corrected chi connectivity index (χ3v) is 4.78. The van der Waals surface area contributed by atoms with Gasteiger partial charge in [0.15, 0.2) is 6.49 Å². The molecule has 18 heavy (non-hydrogen) atoms. The second-order valence-corrected chi connectivity index (χ2v) is 8.79. The van der Waals surface area contributed by atoms with E-state index in [-0.39, 0.29) is 6.10 Å². The molecule has 0 amide bonds. The predicted molar refractivity (Wildman–Crippen MR) is 78.9 cm³/mol. The van der Waals surface area contributed by atoms with Crippen LogP contribution in [-0.2, 0) is 25.6 Å². The van der Waals surface area contributed by atoms with Crippen LogP contribution in [0, 0.1) is 0 Å². The van der Waals surface area contributed by atoms with Gasteiger partial charge in [0.1, 0.15) is 0 Å². The van der Waals surface area contributed by atoms with Gasteiger partial charge >= 0.3 is 0 Å². The number of hydrogen-bond acceptors (Lipinski definition) is 5. The standard InChI is InChI=1S/C12H26NO3PS/c1-4-5-8-15-17(3,18)16-12(2)11-13-6-9-14-10-7-13/h12H,4-11H2,1-3H3. The van der Waals surface area contributed by atoms with Crippen LogP contribution in [-0.4, -0.2) is 57.1 Å². The first-order chi connectivity index (χ1) is 8.53. The van der Waals surface area contributed by atoms with Gasteiger partial charge in [-0.15, -0.1) is 0 Å². The molecule has 0 radical (unpaired) electrons. The highest BCUT2D eigenvalue weighted by molar-refractivity contribution is 8.09. The van der Waals surface area contributed by atoms with Crippen molar-refractivity contribution in [3.8, 4) is 0 Å². The van der Waals surface area contributed by atoms with Crippen LogP contribution in [0.2, 0.25) is 0 Å². The van der Waals surface area contributed by atoms with Crippen molar-refractivity contribution in [2.24, 2.45) is 0 Å². The van der Waals surface area contributed by atoms with Gasteiger partial charge < -0.3 is 13.8 Å². The van der Waals surface area contributed by atoms with Crippen LogP contribution >= 0.6 is 6.49 Å². The fourth-order valence-corrected chi connectivity index (χ4v) is 3.82. The first-order valence-corrected chi connectivity index (χ1v) is 9.82. The van der Waals surface area contributed by atoms with Crippen LogP contribution in [0.5, 0.6) is 0 Å². The lowest BCUT2D eigenvalue weighted by molar-refractivity contribution is 0.0214. The molecule has 2 atom stereocenters. The maximum Gasteiger partial charge on any atom is 0.185 e. The predicted octanol–water partition coefficient (Wildman–Crippen LogP) is 2.48. The summed E-state index contributed by atoms with van der Waals surface area (Å²) in [6, 6.07) is 0. The summed E-state index contributed by atoms with van der Waals surface area (Å²) < 4.78 is 16.9. The zero-order valence-corrected chi connectivity index (χ0v) is 13.5. The van der Waals surface area contributed by atoms with E-state index in [4.69, 9.17) is 25.6 Å². The maximum absolute atomic E-state index is 5.91. The van der Waals surface area contributed by atoms with Crippen LogP contribution in [0.3, 0.4) is 0 Å². The van der Waals surface area contributed by atoms with Gasteiger partial charge in [-0.05, 0) is 25.2 Å². The fourth-order valence-electron chi connectivity index (χ4n) is 1.91. The molecule has 1 saturated heterocycles. The van der Waals surface area contributed by atoms with E-state index < -0.39 is 6.49 Å². The lowest BCUT2D eigenvalue weighted by Gasteiger charge is -2.30. The molecule has 0 saturated carbocycles. The van der Waals surface area contributed by atoms with Crippen LogP contribution in [0.15, 0.2) is 0 Å². The number of unbranched alkanes of at least 4 members (excludes halogenated alkanes) is 1. The summed E-state index contributed by atoms with van der Waals surface area (Å²) in [5.74, 6) is 0. The molecule has 2 unspecified atom stereocenters. The lowest BCUT2D eigenvalue weighted by atomic mass is 10.3. The molecule has 1 fully saturated rings. The minimum Gasteiger partial charge on any atom is -0.379 e. The van der Waals surface area contributed by atoms with E-state index in [1.54, 1.807) is 0 Å². The third kappa shape index (κ3) is 7.17. The number of nitrogens with zero attached hydrogens (tertiary/aromatic N) is 1. The van der Waals surface area contributed by atoms with Crippen molar-refractivity contribution < 1.29 is 13.8 Å². The van der Waals surface area contributed by atoms with E-state index >= 15 is 0 Å². The Morgan fingerprint density at radius 2 is 2.06 bits per heavy atom. The molecule has 108 valence electrons. The average molecular weight is 295 g/mol. The zero-order chi connectivity index (χ0) is 13.4. The smallest absolute Gasteiger partial charge is 0.185 e. The summed E-state index contributed by atoms with van der Waals surface area (Å²) in [5, 5.41) is 0. The van der Waals surface area contributed by atoms with Crippen molar-refractivity contribution in [3.63, 3.8) is 0 Å². The molecule has 0 aromatic heterocycles. The monoisotopic (exact) mass is 295 g/mol. The van der Waals surface area contributed by atoms with Gasteiger partial charge in [0.2, 0.25) is 0 Å². The van der Waals surface area contributed by atoms with Crippen molar-refractivity contribution in [2.75, 3.05) is 46.1 Å². The molecule has 6 heteroatoms. The van der Waals surface area contributed by atoms with Crippen molar-refractivity contribution >= 4 is 18.3 Å². The van der Waals surface area contributed by atoms with Gasteiger partial charge in [-0.2, -0.15) is 0 Å². The molecular weight excluding hydrogens is 269 g/mol. The van der Waals surface area contributed by atoms with Crippen LogP contribution in [0.1, 0.15) is 26.7 Å². The van der Waals surface area contributed by atoms with Gasteiger partial charge in [0, 0.05) is 26.3 Å². The van der Waals surface area contributed by atoms with Crippen LogP contribution in [0.4, 0.5) is 0 Å². The Bertz CT molecular complexity index is 272. The Morgan fingerprint density at radius 3 is 2.67 bits per heavy atom. The van der Waals surface area contributed by atoms with E-state index in [2.05, 4.69) is 18.7 Å². The zero-order valence-electron chi connectivity index (χ0n) is 11.8. The van der Waals surface area contributed by atoms with Crippen molar-refractivity contribution in [3.05, 3.63) is 0 Å². The second kappa shape index (κ2) is 8.62. The first kappa shape index (κ1) is 16.5. The van der Waals surface area contributed by atoms with Gasteiger partial charge in [0.05, 0.1) is 25.9 Å². The first-order valence-electron chi connectivity index (χ1n) is 6.74. The summed E-state index contributed by atoms with van der Waals surface area (Å²) in [6.45, 7) is 9.30. The number of ether oxygens (including phenoxy) is 1. The molecule has 0 N–H and O–H groups in total. The molecule has 1 heterocycles. The normalized spacial score (nSPS) is 22.6. The molecule has 0 aliphatic carbocycles. The molecule has 0 aromatic rings. The Kier molecular flexibility index (Phi) is 7.92. The van der Waals surface area contributed by atoms with Gasteiger partial charge in [-0.3, -0.25) is 4.90 Å². The van der Waals surface area contributed by atoms with Crippen molar-refractivity contribution in [1.29, 1.82) is 0 Å². The minimum atomic E-state index is -2.07. The van der Waals surface area contributed by atoms with Crippen molar-refractivity contribution in [1.82, 2.24) is 4.90 Å².